The van der Waals surface area contributed by atoms with Crippen molar-refractivity contribution in [2.45, 2.75) is 39.0 Å². The third-order valence-corrected chi connectivity index (χ3v) is 5.32. The number of para-hydroxylation sites is 1. The second kappa shape index (κ2) is 6.39. The summed E-state index contributed by atoms with van der Waals surface area (Å²) >= 11 is 0. The van der Waals surface area contributed by atoms with Gasteiger partial charge in [0.2, 0.25) is 5.91 Å². The Labute approximate surface area is 127 Å². The molecule has 0 saturated heterocycles. The SMILES string of the molecule is CC(CC(=O)Nc1cccc2cccnc12)C[Si](C)(C)C. The van der Waals surface area contributed by atoms with Crippen LogP contribution in [0.2, 0.25) is 25.7 Å². The van der Waals surface area contributed by atoms with Crippen LogP contribution in [-0.2, 0) is 4.79 Å². The fourth-order valence-electron chi connectivity index (χ4n) is 2.84. The summed E-state index contributed by atoms with van der Waals surface area (Å²) in [6.07, 6.45) is 2.33. The molecule has 0 bridgehead atoms. The number of nitrogens with one attached hydrogen (secondary N) is 1. The van der Waals surface area contributed by atoms with Crippen molar-refractivity contribution in [2.24, 2.45) is 5.92 Å². The minimum absolute atomic E-state index is 0.0823. The van der Waals surface area contributed by atoms with Crippen LogP contribution >= 0.6 is 0 Å². The molecule has 1 amide bonds. The lowest BCUT2D eigenvalue weighted by atomic mass is 10.1. The van der Waals surface area contributed by atoms with Gasteiger partial charge >= 0.3 is 0 Å². The molecule has 2 aromatic rings. The van der Waals surface area contributed by atoms with Crippen LogP contribution in [0.15, 0.2) is 36.5 Å². The largest absolute Gasteiger partial charge is 0.324 e. The molecule has 21 heavy (non-hydrogen) atoms. The Bertz CT molecular complexity index is 629. The number of aromatic nitrogens is 1. The Morgan fingerprint density at radius 2 is 1.95 bits per heavy atom. The minimum Gasteiger partial charge on any atom is -0.324 e. The molecule has 0 spiro atoms. The molecule has 1 aromatic carbocycles. The summed E-state index contributed by atoms with van der Waals surface area (Å²) in [5.74, 6) is 0.513. The summed E-state index contributed by atoms with van der Waals surface area (Å²) in [5, 5.41) is 4.06. The average Bonchev–Trinajstić information content (AvgIpc) is 2.36. The quantitative estimate of drug-likeness (QED) is 0.824. The minimum atomic E-state index is -1.12. The van der Waals surface area contributed by atoms with E-state index in [4.69, 9.17) is 0 Å². The van der Waals surface area contributed by atoms with Gasteiger partial charge in [0.1, 0.15) is 0 Å². The number of carbonyl (C=O) groups excluding carboxylic acids is 1. The molecule has 0 radical (unpaired) electrons. The van der Waals surface area contributed by atoms with E-state index in [9.17, 15) is 4.79 Å². The Balaban J connectivity index is 2.05. The predicted molar refractivity (Wildman–Crippen MR) is 92.3 cm³/mol. The number of hydrogen-bond acceptors (Lipinski definition) is 2. The first-order valence-electron chi connectivity index (χ1n) is 7.49. The van der Waals surface area contributed by atoms with E-state index in [1.54, 1.807) is 6.20 Å². The van der Waals surface area contributed by atoms with Gasteiger partial charge < -0.3 is 5.32 Å². The molecule has 0 aliphatic carbocycles. The van der Waals surface area contributed by atoms with Crippen LogP contribution in [0.25, 0.3) is 10.9 Å². The van der Waals surface area contributed by atoms with Crippen LogP contribution < -0.4 is 5.32 Å². The van der Waals surface area contributed by atoms with E-state index < -0.39 is 8.07 Å². The van der Waals surface area contributed by atoms with Crippen molar-refractivity contribution < 1.29 is 4.79 Å². The maximum absolute atomic E-state index is 12.2. The lowest BCUT2D eigenvalue weighted by Crippen LogP contribution is -2.25. The van der Waals surface area contributed by atoms with Crippen LogP contribution in [0, 0.1) is 5.92 Å². The highest BCUT2D eigenvalue weighted by Crippen LogP contribution is 2.23. The second-order valence-corrected chi connectivity index (χ2v) is 12.5. The van der Waals surface area contributed by atoms with Crippen LogP contribution in [0.4, 0.5) is 5.69 Å². The first-order valence-corrected chi connectivity index (χ1v) is 11.2. The number of pyridine rings is 1. The fraction of sp³-hybridized carbons (Fsp3) is 0.412. The fourth-order valence-corrected chi connectivity index (χ4v) is 5.08. The highest BCUT2D eigenvalue weighted by molar-refractivity contribution is 6.76. The monoisotopic (exact) mass is 300 g/mol. The Kier molecular flexibility index (Phi) is 4.78. The van der Waals surface area contributed by atoms with Crippen molar-refractivity contribution in [3.05, 3.63) is 36.5 Å². The van der Waals surface area contributed by atoms with Gasteiger partial charge in [0.25, 0.3) is 0 Å². The number of carbonyl (C=O) groups is 1. The molecule has 0 fully saturated rings. The zero-order valence-electron chi connectivity index (χ0n) is 13.3. The van der Waals surface area contributed by atoms with Gasteiger partial charge in [0, 0.05) is 26.1 Å². The number of hydrogen-bond donors (Lipinski definition) is 1. The van der Waals surface area contributed by atoms with Gasteiger partial charge in [-0.05, 0) is 18.1 Å². The van der Waals surface area contributed by atoms with Crippen molar-refractivity contribution in [2.75, 3.05) is 5.32 Å². The lowest BCUT2D eigenvalue weighted by Gasteiger charge is -2.21. The van der Waals surface area contributed by atoms with Crippen molar-refractivity contribution in [1.29, 1.82) is 0 Å². The highest BCUT2D eigenvalue weighted by atomic mass is 28.3. The van der Waals surface area contributed by atoms with Crippen LogP contribution in [0.3, 0.4) is 0 Å². The summed E-state index contributed by atoms with van der Waals surface area (Å²) in [5.41, 5.74) is 1.66. The van der Waals surface area contributed by atoms with Crippen molar-refractivity contribution in [1.82, 2.24) is 4.98 Å². The number of anilines is 1. The first-order chi connectivity index (χ1) is 9.85. The van der Waals surface area contributed by atoms with E-state index in [0.717, 1.165) is 16.6 Å². The summed E-state index contributed by atoms with van der Waals surface area (Å²) in [6, 6.07) is 11.0. The van der Waals surface area contributed by atoms with Crippen LogP contribution in [-0.4, -0.2) is 19.0 Å². The Morgan fingerprint density at radius 3 is 2.67 bits per heavy atom. The van der Waals surface area contributed by atoms with E-state index >= 15 is 0 Å². The maximum Gasteiger partial charge on any atom is 0.224 e. The van der Waals surface area contributed by atoms with Gasteiger partial charge in [-0.1, -0.05) is 50.8 Å². The number of rotatable bonds is 5. The molecule has 1 aromatic heterocycles. The molecule has 1 unspecified atom stereocenters. The standard InChI is InChI=1S/C17H24N2OSi/c1-13(12-21(2,3)4)11-16(20)19-15-9-5-7-14-8-6-10-18-17(14)15/h5-10,13H,11-12H2,1-4H3,(H,19,20). The number of amides is 1. The zero-order chi connectivity index (χ0) is 15.5. The molecule has 1 heterocycles. The topological polar surface area (TPSA) is 42.0 Å². The normalized spacial score (nSPS) is 13.1. The van der Waals surface area contributed by atoms with Crippen LogP contribution in [0.5, 0.6) is 0 Å². The molecule has 3 nitrogen and oxygen atoms in total. The summed E-state index contributed by atoms with van der Waals surface area (Å²) in [4.78, 5) is 16.6. The van der Waals surface area contributed by atoms with E-state index in [-0.39, 0.29) is 5.91 Å². The van der Waals surface area contributed by atoms with Crippen molar-refractivity contribution >= 4 is 30.6 Å². The van der Waals surface area contributed by atoms with Gasteiger partial charge in [-0.15, -0.1) is 0 Å². The molecule has 4 heteroatoms. The third kappa shape index (κ3) is 4.67. The predicted octanol–water partition coefficient (Wildman–Crippen LogP) is 4.54. The number of nitrogens with zero attached hydrogens (tertiary/aromatic N) is 1. The summed E-state index contributed by atoms with van der Waals surface area (Å²) in [7, 11) is -1.12. The second-order valence-electron chi connectivity index (χ2n) is 7.00. The molecule has 0 aliphatic heterocycles. The van der Waals surface area contributed by atoms with Crippen molar-refractivity contribution in [3.63, 3.8) is 0 Å². The first kappa shape index (κ1) is 15.7. The third-order valence-electron chi connectivity index (χ3n) is 3.40. The van der Waals surface area contributed by atoms with Gasteiger partial charge in [-0.25, -0.2) is 0 Å². The Morgan fingerprint density at radius 1 is 1.24 bits per heavy atom. The van der Waals surface area contributed by atoms with Gasteiger partial charge in [-0.2, -0.15) is 0 Å². The van der Waals surface area contributed by atoms with E-state index in [1.165, 1.54) is 6.04 Å². The number of benzene rings is 1. The molecule has 112 valence electrons. The van der Waals surface area contributed by atoms with E-state index in [1.807, 2.05) is 30.3 Å². The molecular weight excluding hydrogens is 276 g/mol. The van der Waals surface area contributed by atoms with Crippen LogP contribution in [0.1, 0.15) is 13.3 Å². The average molecular weight is 300 g/mol. The molecular formula is C17H24N2OSi. The maximum atomic E-state index is 12.2. The summed E-state index contributed by atoms with van der Waals surface area (Å²) < 4.78 is 0. The van der Waals surface area contributed by atoms with Gasteiger partial charge in [-0.3, -0.25) is 9.78 Å². The van der Waals surface area contributed by atoms with E-state index in [0.29, 0.717) is 12.3 Å². The number of fused-ring (bicyclic) bond motifs is 1. The van der Waals surface area contributed by atoms with Crippen molar-refractivity contribution in [3.8, 4) is 0 Å². The summed E-state index contributed by atoms with van der Waals surface area (Å²) in [6.45, 7) is 9.20. The van der Waals surface area contributed by atoms with Gasteiger partial charge in [0.15, 0.2) is 0 Å². The molecule has 0 saturated carbocycles. The zero-order valence-corrected chi connectivity index (χ0v) is 14.3. The molecule has 0 aliphatic rings. The molecule has 1 atom stereocenters. The van der Waals surface area contributed by atoms with Gasteiger partial charge in [0.05, 0.1) is 11.2 Å². The smallest absolute Gasteiger partial charge is 0.224 e. The Hall–Kier alpha value is -1.68. The lowest BCUT2D eigenvalue weighted by molar-refractivity contribution is -0.116. The molecule has 2 rings (SSSR count). The van der Waals surface area contributed by atoms with E-state index in [2.05, 4.69) is 36.9 Å². The molecule has 1 N–H and O–H groups in total. The highest BCUT2D eigenvalue weighted by Gasteiger charge is 2.19.